The molecule has 0 aliphatic carbocycles. The quantitative estimate of drug-likeness (QED) is 0.519. The van der Waals surface area contributed by atoms with Crippen molar-refractivity contribution in [1.82, 2.24) is 4.90 Å². The number of amides is 1. The van der Waals surface area contributed by atoms with Gasteiger partial charge < -0.3 is 19.1 Å². The van der Waals surface area contributed by atoms with Crippen molar-refractivity contribution in [2.45, 2.75) is 51.8 Å². The lowest BCUT2D eigenvalue weighted by Gasteiger charge is -2.38. The van der Waals surface area contributed by atoms with Gasteiger partial charge in [0.25, 0.3) is 5.91 Å². The van der Waals surface area contributed by atoms with E-state index in [1.54, 1.807) is 4.90 Å². The molecule has 154 valence electrons. The van der Waals surface area contributed by atoms with Crippen LogP contribution in [0.5, 0.6) is 11.5 Å². The van der Waals surface area contributed by atoms with E-state index in [-0.39, 0.29) is 36.1 Å². The Morgan fingerprint density at radius 2 is 1.89 bits per heavy atom. The highest BCUT2D eigenvalue weighted by molar-refractivity contribution is 5.89. The minimum absolute atomic E-state index is 0.104. The fraction of sp³-hybridized carbons (Fsp3) is 0.500. The number of alkyl halides is 2. The standard InChI is InChI=1S/C20H25F2NO5/c1-13-5-4-6-14(2)23(13)18(24)12-27-19(25)10-8-15-7-9-16(28-20(21)22)17(11-15)26-3/h7-11,13-14,20H,4-6,12H2,1-3H3/b10-8+/t13-,14-/m0/s1. The summed E-state index contributed by atoms with van der Waals surface area (Å²) in [6, 6.07) is 4.52. The molecule has 2 rings (SSSR count). The van der Waals surface area contributed by atoms with Crippen molar-refractivity contribution in [3.8, 4) is 11.5 Å². The number of hydrogen-bond acceptors (Lipinski definition) is 5. The van der Waals surface area contributed by atoms with Crippen LogP contribution in [-0.2, 0) is 14.3 Å². The molecule has 28 heavy (non-hydrogen) atoms. The first-order valence-electron chi connectivity index (χ1n) is 9.10. The summed E-state index contributed by atoms with van der Waals surface area (Å²) in [5, 5.41) is 0. The number of esters is 1. The van der Waals surface area contributed by atoms with Crippen molar-refractivity contribution in [2.75, 3.05) is 13.7 Å². The number of carbonyl (C=O) groups is 2. The lowest BCUT2D eigenvalue weighted by atomic mass is 9.97. The Morgan fingerprint density at radius 3 is 2.50 bits per heavy atom. The fourth-order valence-corrected chi connectivity index (χ4v) is 3.31. The van der Waals surface area contributed by atoms with Crippen molar-refractivity contribution in [2.24, 2.45) is 0 Å². The molecular weight excluding hydrogens is 372 g/mol. The van der Waals surface area contributed by atoms with Crippen LogP contribution in [0.1, 0.15) is 38.7 Å². The predicted molar refractivity (Wildman–Crippen MR) is 99.2 cm³/mol. The van der Waals surface area contributed by atoms with E-state index >= 15 is 0 Å². The first-order chi connectivity index (χ1) is 13.3. The molecule has 0 aromatic heterocycles. The Hall–Kier alpha value is -2.64. The maximum atomic E-state index is 12.3. The van der Waals surface area contributed by atoms with Crippen LogP contribution in [0.2, 0.25) is 0 Å². The third-order valence-electron chi connectivity index (χ3n) is 4.64. The van der Waals surface area contributed by atoms with Gasteiger partial charge in [0.1, 0.15) is 0 Å². The number of likely N-dealkylation sites (tertiary alicyclic amines) is 1. The molecule has 1 saturated heterocycles. The van der Waals surface area contributed by atoms with Gasteiger partial charge >= 0.3 is 12.6 Å². The topological polar surface area (TPSA) is 65.1 Å². The molecule has 6 nitrogen and oxygen atoms in total. The van der Waals surface area contributed by atoms with Crippen LogP contribution in [0, 0.1) is 0 Å². The number of halogens is 2. The molecule has 1 aromatic rings. The van der Waals surface area contributed by atoms with Gasteiger partial charge in [-0.1, -0.05) is 6.07 Å². The number of piperidine rings is 1. The molecule has 0 bridgehead atoms. The zero-order valence-corrected chi connectivity index (χ0v) is 16.2. The first-order valence-corrected chi connectivity index (χ1v) is 9.10. The summed E-state index contributed by atoms with van der Waals surface area (Å²) in [6.07, 6.45) is 5.57. The van der Waals surface area contributed by atoms with Gasteiger partial charge in [-0.05, 0) is 56.9 Å². The maximum absolute atomic E-state index is 12.3. The normalized spacial score (nSPS) is 19.7. The number of ether oxygens (including phenoxy) is 3. The van der Waals surface area contributed by atoms with Crippen LogP contribution in [0.3, 0.4) is 0 Å². The molecule has 0 N–H and O–H groups in total. The van der Waals surface area contributed by atoms with Crippen LogP contribution < -0.4 is 9.47 Å². The van der Waals surface area contributed by atoms with Crippen LogP contribution >= 0.6 is 0 Å². The van der Waals surface area contributed by atoms with E-state index in [9.17, 15) is 18.4 Å². The minimum Gasteiger partial charge on any atom is -0.493 e. The second kappa shape index (κ2) is 10.1. The van der Waals surface area contributed by atoms with Gasteiger partial charge in [0.15, 0.2) is 18.1 Å². The lowest BCUT2D eigenvalue weighted by Crippen LogP contribution is -2.49. The number of hydrogen-bond donors (Lipinski definition) is 0. The number of carbonyl (C=O) groups excluding carboxylic acids is 2. The van der Waals surface area contributed by atoms with Crippen molar-refractivity contribution < 1.29 is 32.6 Å². The van der Waals surface area contributed by atoms with Gasteiger partial charge in [0.05, 0.1) is 7.11 Å². The molecule has 1 aromatic carbocycles. The van der Waals surface area contributed by atoms with Crippen molar-refractivity contribution in [1.29, 1.82) is 0 Å². The van der Waals surface area contributed by atoms with Crippen molar-refractivity contribution in [3.63, 3.8) is 0 Å². The number of nitrogens with zero attached hydrogens (tertiary/aromatic N) is 1. The van der Waals surface area contributed by atoms with Gasteiger partial charge in [-0.15, -0.1) is 0 Å². The number of methoxy groups -OCH3 is 1. The minimum atomic E-state index is -2.96. The van der Waals surface area contributed by atoms with Crippen molar-refractivity contribution >= 4 is 18.0 Å². The third-order valence-corrected chi connectivity index (χ3v) is 4.64. The monoisotopic (exact) mass is 397 g/mol. The van der Waals surface area contributed by atoms with Gasteiger partial charge in [-0.2, -0.15) is 8.78 Å². The molecule has 1 heterocycles. The molecular formula is C20H25F2NO5. The second-order valence-corrected chi connectivity index (χ2v) is 6.66. The van der Waals surface area contributed by atoms with Gasteiger partial charge in [0, 0.05) is 18.2 Å². The molecule has 1 aliphatic heterocycles. The van der Waals surface area contributed by atoms with Gasteiger partial charge in [0.2, 0.25) is 0 Å². The van der Waals surface area contributed by atoms with E-state index in [0.29, 0.717) is 5.56 Å². The second-order valence-electron chi connectivity index (χ2n) is 6.66. The summed E-state index contributed by atoms with van der Waals surface area (Å²) in [4.78, 5) is 26.0. The van der Waals surface area contributed by atoms with E-state index in [1.807, 2.05) is 13.8 Å². The molecule has 2 atom stereocenters. The molecule has 1 fully saturated rings. The Balaban J connectivity index is 1.92. The first kappa shape index (κ1) is 21.7. The zero-order chi connectivity index (χ0) is 20.7. The highest BCUT2D eigenvalue weighted by Gasteiger charge is 2.29. The van der Waals surface area contributed by atoms with E-state index in [0.717, 1.165) is 19.3 Å². The third kappa shape index (κ3) is 5.94. The smallest absolute Gasteiger partial charge is 0.387 e. The summed E-state index contributed by atoms with van der Waals surface area (Å²) >= 11 is 0. The summed E-state index contributed by atoms with van der Waals surface area (Å²) < 4.78 is 39.1. The molecule has 1 aliphatic rings. The molecule has 0 spiro atoms. The Kier molecular flexibility index (Phi) is 7.78. The van der Waals surface area contributed by atoms with Crippen LogP contribution in [0.4, 0.5) is 8.78 Å². The SMILES string of the molecule is COc1cc(/C=C/C(=O)OCC(=O)N2[C@@H](C)CCC[C@@H]2C)ccc1OC(F)F. The Bertz CT molecular complexity index is 713. The van der Waals surface area contributed by atoms with Gasteiger partial charge in [-0.3, -0.25) is 4.79 Å². The molecule has 8 heteroatoms. The summed E-state index contributed by atoms with van der Waals surface area (Å²) in [6.45, 7) is 0.699. The van der Waals surface area contributed by atoms with E-state index in [1.165, 1.54) is 37.5 Å². The summed E-state index contributed by atoms with van der Waals surface area (Å²) in [7, 11) is 1.32. The average Bonchev–Trinajstić information content (AvgIpc) is 2.65. The van der Waals surface area contributed by atoms with Gasteiger partial charge in [-0.25, -0.2) is 4.79 Å². The molecule has 0 radical (unpaired) electrons. The Morgan fingerprint density at radius 1 is 1.21 bits per heavy atom. The highest BCUT2D eigenvalue weighted by atomic mass is 19.3. The molecule has 1 amide bonds. The van der Waals surface area contributed by atoms with Crippen molar-refractivity contribution in [3.05, 3.63) is 29.8 Å². The number of rotatable bonds is 7. The average molecular weight is 397 g/mol. The lowest BCUT2D eigenvalue weighted by molar-refractivity contribution is -0.151. The zero-order valence-electron chi connectivity index (χ0n) is 16.2. The molecule has 0 saturated carbocycles. The Labute approximate surface area is 163 Å². The van der Waals surface area contributed by atoms with Crippen LogP contribution in [-0.4, -0.2) is 49.2 Å². The number of benzene rings is 1. The van der Waals surface area contributed by atoms with E-state index in [2.05, 4.69) is 4.74 Å². The fourth-order valence-electron chi connectivity index (χ4n) is 3.31. The predicted octanol–water partition coefficient (Wildman–Crippen LogP) is 3.64. The van der Waals surface area contributed by atoms with E-state index in [4.69, 9.17) is 9.47 Å². The highest BCUT2D eigenvalue weighted by Crippen LogP contribution is 2.29. The largest absolute Gasteiger partial charge is 0.493 e. The molecule has 0 unspecified atom stereocenters. The maximum Gasteiger partial charge on any atom is 0.387 e. The van der Waals surface area contributed by atoms with Crippen LogP contribution in [0.15, 0.2) is 24.3 Å². The van der Waals surface area contributed by atoms with E-state index < -0.39 is 12.6 Å². The summed E-state index contributed by atoms with van der Waals surface area (Å²) in [5.41, 5.74) is 0.528. The van der Waals surface area contributed by atoms with Crippen LogP contribution in [0.25, 0.3) is 6.08 Å². The summed E-state index contributed by atoms with van der Waals surface area (Å²) in [5.74, 6) is -0.874.